The SMILES string of the molecule is COc1ccc(NC(C)c2ccccc2C)c([N+](=O)[O-])c1. The number of ether oxygens (including phenoxy) is 1. The van der Waals surface area contributed by atoms with Crippen LogP contribution in [0.15, 0.2) is 42.5 Å². The standard InChI is InChI=1S/C16H18N2O3/c1-11-6-4-5-7-14(11)12(2)17-15-9-8-13(21-3)10-16(15)18(19)20/h4-10,12,17H,1-3H3. The minimum absolute atomic E-state index is 0.00906. The van der Waals surface area contributed by atoms with Gasteiger partial charge in [0, 0.05) is 6.04 Å². The first-order valence-corrected chi connectivity index (χ1v) is 6.67. The Balaban J connectivity index is 2.31. The van der Waals surface area contributed by atoms with Crippen LogP contribution >= 0.6 is 0 Å². The Labute approximate surface area is 123 Å². The van der Waals surface area contributed by atoms with Crippen LogP contribution in [-0.2, 0) is 0 Å². The van der Waals surface area contributed by atoms with E-state index in [9.17, 15) is 10.1 Å². The van der Waals surface area contributed by atoms with E-state index in [0.29, 0.717) is 11.4 Å². The summed E-state index contributed by atoms with van der Waals surface area (Å²) in [5.41, 5.74) is 2.75. The highest BCUT2D eigenvalue weighted by atomic mass is 16.6. The average Bonchev–Trinajstić information content (AvgIpc) is 2.47. The molecule has 0 aliphatic rings. The summed E-state index contributed by atoms with van der Waals surface area (Å²) >= 11 is 0. The predicted octanol–water partition coefficient (Wildman–Crippen LogP) is 4.08. The van der Waals surface area contributed by atoms with Gasteiger partial charge in [-0.1, -0.05) is 24.3 Å². The van der Waals surface area contributed by atoms with E-state index in [2.05, 4.69) is 5.32 Å². The van der Waals surface area contributed by atoms with Gasteiger partial charge < -0.3 is 10.1 Å². The molecule has 21 heavy (non-hydrogen) atoms. The second-order valence-electron chi connectivity index (χ2n) is 4.86. The Kier molecular flexibility index (Phi) is 4.42. The molecule has 0 saturated heterocycles. The van der Waals surface area contributed by atoms with Crippen molar-refractivity contribution in [2.45, 2.75) is 19.9 Å². The molecule has 0 spiro atoms. The lowest BCUT2D eigenvalue weighted by molar-refractivity contribution is -0.384. The number of nitrogens with zero attached hydrogens (tertiary/aromatic N) is 1. The van der Waals surface area contributed by atoms with Gasteiger partial charge in [0.1, 0.15) is 11.4 Å². The second-order valence-corrected chi connectivity index (χ2v) is 4.86. The van der Waals surface area contributed by atoms with Gasteiger partial charge in [0.25, 0.3) is 5.69 Å². The number of hydrogen-bond acceptors (Lipinski definition) is 4. The lowest BCUT2D eigenvalue weighted by Crippen LogP contribution is -2.09. The van der Waals surface area contributed by atoms with Gasteiger partial charge in [0.15, 0.2) is 0 Å². The van der Waals surface area contributed by atoms with E-state index in [-0.39, 0.29) is 11.7 Å². The number of hydrogen-bond donors (Lipinski definition) is 1. The van der Waals surface area contributed by atoms with Crippen molar-refractivity contribution in [1.82, 2.24) is 0 Å². The predicted molar refractivity (Wildman–Crippen MR) is 82.9 cm³/mol. The fourth-order valence-corrected chi connectivity index (χ4v) is 2.30. The molecule has 2 rings (SSSR count). The van der Waals surface area contributed by atoms with E-state index in [1.54, 1.807) is 12.1 Å². The molecule has 2 aromatic rings. The molecule has 1 unspecified atom stereocenters. The van der Waals surface area contributed by atoms with Gasteiger partial charge >= 0.3 is 0 Å². The summed E-state index contributed by atoms with van der Waals surface area (Å²) in [4.78, 5) is 10.8. The molecule has 0 aliphatic carbocycles. The molecule has 110 valence electrons. The van der Waals surface area contributed by atoms with Gasteiger partial charge in [-0.05, 0) is 37.1 Å². The molecular formula is C16H18N2O3. The maximum absolute atomic E-state index is 11.2. The van der Waals surface area contributed by atoms with Crippen molar-refractivity contribution < 1.29 is 9.66 Å². The van der Waals surface area contributed by atoms with Gasteiger partial charge in [-0.15, -0.1) is 0 Å². The van der Waals surface area contributed by atoms with E-state index in [1.807, 2.05) is 38.1 Å². The molecule has 0 saturated carbocycles. The zero-order chi connectivity index (χ0) is 15.4. The summed E-state index contributed by atoms with van der Waals surface area (Å²) in [5, 5.41) is 14.4. The summed E-state index contributed by atoms with van der Waals surface area (Å²) in [6.45, 7) is 4.01. The van der Waals surface area contributed by atoms with Gasteiger partial charge in [-0.2, -0.15) is 0 Å². The molecule has 0 aliphatic heterocycles. The molecule has 1 atom stereocenters. The summed E-state index contributed by atoms with van der Waals surface area (Å²) in [5.74, 6) is 0.468. The molecule has 5 heteroatoms. The summed E-state index contributed by atoms with van der Waals surface area (Å²) in [7, 11) is 1.49. The van der Waals surface area contributed by atoms with E-state index >= 15 is 0 Å². The van der Waals surface area contributed by atoms with Crippen molar-refractivity contribution in [3.8, 4) is 5.75 Å². The Morgan fingerprint density at radius 2 is 1.95 bits per heavy atom. The molecule has 0 bridgehead atoms. The minimum Gasteiger partial charge on any atom is -0.496 e. The lowest BCUT2D eigenvalue weighted by atomic mass is 10.0. The topological polar surface area (TPSA) is 64.4 Å². The fraction of sp³-hybridized carbons (Fsp3) is 0.250. The maximum atomic E-state index is 11.2. The fourth-order valence-electron chi connectivity index (χ4n) is 2.30. The van der Waals surface area contributed by atoms with Crippen LogP contribution < -0.4 is 10.1 Å². The van der Waals surface area contributed by atoms with Crippen LogP contribution in [0.2, 0.25) is 0 Å². The number of nitro benzene ring substituents is 1. The number of methoxy groups -OCH3 is 1. The van der Waals surface area contributed by atoms with Crippen LogP contribution in [0.3, 0.4) is 0 Å². The van der Waals surface area contributed by atoms with E-state index < -0.39 is 4.92 Å². The van der Waals surface area contributed by atoms with Crippen molar-refractivity contribution in [3.05, 3.63) is 63.7 Å². The van der Waals surface area contributed by atoms with Crippen LogP contribution in [0.5, 0.6) is 5.75 Å². The zero-order valence-electron chi connectivity index (χ0n) is 12.3. The number of rotatable bonds is 5. The smallest absolute Gasteiger partial charge is 0.296 e. The highest BCUT2D eigenvalue weighted by Crippen LogP contribution is 2.32. The lowest BCUT2D eigenvalue weighted by Gasteiger charge is -2.18. The highest BCUT2D eigenvalue weighted by Gasteiger charge is 2.17. The Hall–Kier alpha value is -2.56. The first kappa shape index (κ1) is 14.8. The number of nitrogens with one attached hydrogen (secondary N) is 1. The van der Waals surface area contributed by atoms with Gasteiger partial charge in [0.05, 0.1) is 18.1 Å². The highest BCUT2D eigenvalue weighted by molar-refractivity contribution is 5.64. The van der Waals surface area contributed by atoms with Gasteiger partial charge in [-0.3, -0.25) is 10.1 Å². The second kappa shape index (κ2) is 6.26. The van der Waals surface area contributed by atoms with Crippen molar-refractivity contribution in [2.24, 2.45) is 0 Å². The number of benzene rings is 2. The molecule has 5 nitrogen and oxygen atoms in total. The molecule has 1 N–H and O–H groups in total. The molecule has 0 fully saturated rings. The number of nitro groups is 1. The molecule has 0 amide bonds. The van der Waals surface area contributed by atoms with Crippen molar-refractivity contribution >= 4 is 11.4 Å². The third-order valence-electron chi connectivity index (χ3n) is 3.43. The van der Waals surface area contributed by atoms with Crippen molar-refractivity contribution in [3.63, 3.8) is 0 Å². The first-order chi connectivity index (χ1) is 10.0. The molecule has 0 radical (unpaired) electrons. The third-order valence-corrected chi connectivity index (χ3v) is 3.43. The van der Waals surface area contributed by atoms with Crippen molar-refractivity contribution in [2.75, 3.05) is 12.4 Å². The third kappa shape index (κ3) is 3.31. The molecule has 0 heterocycles. The quantitative estimate of drug-likeness (QED) is 0.664. The Morgan fingerprint density at radius 1 is 1.24 bits per heavy atom. The summed E-state index contributed by atoms with van der Waals surface area (Å²) < 4.78 is 5.04. The zero-order valence-corrected chi connectivity index (χ0v) is 12.3. The summed E-state index contributed by atoms with van der Waals surface area (Å²) in [6, 6.07) is 12.7. The minimum atomic E-state index is -0.407. The van der Waals surface area contributed by atoms with Crippen LogP contribution in [0.25, 0.3) is 0 Å². The monoisotopic (exact) mass is 286 g/mol. The van der Waals surface area contributed by atoms with Gasteiger partial charge in [0.2, 0.25) is 0 Å². The first-order valence-electron chi connectivity index (χ1n) is 6.67. The van der Waals surface area contributed by atoms with Crippen LogP contribution in [0.1, 0.15) is 24.1 Å². The van der Waals surface area contributed by atoms with E-state index in [1.165, 1.54) is 13.2 Å². The Bertz CT molecular complexity index is 656. The largest absolute Gasteiger partial charge is 0.496 e. The van der Waals surface area contributed by atoms with Crippen LogP contribution in [-0.4, -0.2) is 12.0 Å². The average molecular weight is 286 g/mol. The van der Waals surface area contributed by atoms with Crippen molar-refractivity contribution in [1.29, 1.82) is 0 Å². The number of anilines is 1. The maximum Gasteiger partial charge on any atom is 0.296 e. The summed E-state index contributed by atoms with van der Waals surface area (Å²) in [6.07, 6.45) is 0. The molecule has 2 aromatic carbocycles. The van der Waals surface area contributed by atoms with E-state index in [0.717, 1.165) is 11.1 Å². The molecular weight excluding hydrogens is 268 g/mol. The molecule has 0 aromatic heterocycles. The van der Waals surface area contributed by atoms with Gasteiger partial charge in [-0.25, -0.2) is 0 Å². The number of aryl methyl sites for hydroxylation is 1. The normalized spacial score (nSPS) is 11.8. The Morgan fingerprint density at radius 3 is 2.57 bits per heavy atom. The van der Waals surface area contributed by atoms with Crippen LogP contribution in [0, 0.1) is 17.0 Å². The van der Waals surface area contributed by atoms with Crippen LogP contribution in [0.4, 0.5) is 11.4 Å². The van der Waals surface area contributed by atoms with E-state index in [4.69, 9.17) is 4.74 Å².